The fraction of sp³-hybridized carbons (Fsp3) is 0.231. The standard InChI is InChI=1S/C26H26N2O4/c1-31-22-16-8-14-20(24(22)32-2)25(29)27-23(19-11-4-3-5-12-19)26(30)28-17-9-13-18-10-6-7-15-21(18)28/h3-8,10-12,14-16,23H,9,13,17H2,1-2H3,(H,27,29)/t23-/m1/s1. The Kier molecular flexibility index (Phi) is 6.40. The molecule has 0 fully saturated rings. The van der Waals surface area contributed by atoms with Gasteiger partial charge in [-0.15, -0.1) is 0 Å². The molecular formula is C26H26N2O4. The average molecular weight is 431 g/mol. The number of amides is 2. The van der Waals surface area contributed by atoms with Gasteiger partial charge < -0.3 is 19.7 Å². The Morgan fingerprint density at radius 1 is 0.906 bits per heavy atom. The number of benzene rings is 3. The van der Waals surface area contributed by atoms with Crippen molar-refractivity contribution in [3.63, 3.8) is 0 Å². The minimum Gasteiger partial charge on any atom is -0.493 e. The first-order chi connectivity index (χ1) is 15.6. The summed E-state index contributed by atoms with van der Waals surface area (Å²) in [6.07, 6.45) is 1.81. The van der Waals surface area contributed by atoms with Crippen LogP contribution in [0, 0.1) is 0 Å². The molecule has 1 heterocycles. The predicted octanol–water partition coefficient (Wildman–Crippen LogP) is 4.15. The molecule has 0 unspecified atom stereocenters. The number of fused-ring (bicyclic) bond motifs is 1. The Hall–Kier alpha value is -3.80. The molecule has 6 heteroatoms. The predicted molar refractivity (Wildman–Crippen MR) is 123 cm³/mol. The molecule has 0 saturated heterocycles. The number of para-hydroxylation sites is 2. The molecule has 164 valence electrons. The van der Waals surface area contributed by atoms with Crippen molar-refractivity contribution in [3.8, 4) is 11.5 Å². The van der Waals surface area contributed by atoms with Crippen molar-refractivity contribution in [3.05, 3.63) is 89.5 Å². The van der Waals surface area contributed by atoms with Gasteiger partial charge in [-0.3, -0.25) is 9.59 Å². The van der Waals surface area contributed by atoms with Crippen molar-refractivity contribution >= 4 is 17.5 Å². The van der Waals surface area contributed by atoms with E-state index in [2.05, 4.69) is 5.32 Å². The molecule has 1 atom stereocenters. The Morgan fingerprint density at radius 3 is 2.41 bits per heavy atom. The number of methoxy groups -OCH3 is 2. The monoisotopic (exact) mass is 430 g/mol. The molecule has 3 aromatic rings. The first-order valence-corrected chi connectivity index (χ1v) is 10.6. The van der Waals surface area contributed by atoms with E-state index in [1.807, 2.05) is 54.6 Å². The van der Waals surface area contributed by atoms with Gasteiger partial charge in [-0.1, -0.05) is 54.6 Å². The summed E-state index contributed by atoms with van der Waals surface area (Å²) in [4.78, 5) is 28.8. The number of hydrogen-bond donors (Lipinski definition) is 1. The van der Waals surface area contributed by atoms with Crippen LogP contribution in [-0.2, 0) is 11.2 Å². The molecule has 3 aromatic carbocycles. The Morgan fingerprint density at radius 2 is 1.66 bits per heavy atom. The lowest BCUT2D eigenvalue weighted by molar-refractivity contribution is -0.120. The molecular weight excluding hydrogens is 404 g/mol. The van der Waals surface area contributed by atoms with Crippen LogP contribution in [0.1, 0.15) is 33.9 Å². The number of carbonyl (C=O) groups is 2. The number of anilines is 1. The molecule has 2 amide bonds. The maximum absolute atomic E-state index is 13.8. The first-order valence-electron chi connectivity index (χ1n) is 10.6. The second-order valence-electron chi connectivity index (χ2n) is 7.58. The molecule has 1 aliphatic heterocycles. The van der Waals surface area contributed by atoms with E-state index in [0.717, 1.165) is 29.7 Å². The summed E-state index contributed by atoms with van der Waals surface area (Å²) in [6.45, 7) is 0.609. The van der Waals surface area contributed by atoms with Gasteiger partial charge in [-0.2, -0.15) is 0 Å². The number of aryl methyl sites for hydroxylation is 1. The van der Waals surface area contributed by atoms with Crippen LogP contribution >= 0.6 is 0 Å². The van der Waals surface area contributed by atoms with Gasteiger partial charge in [0.2, 0.25) is 0 Å². The van der Waals surface area contributed by atoms with Gasteiger partial charge in [0.25, 0.3) is 11.8 Å². The van der Waals surface area contributed by atoms with Crippen LogP contribution in [0.4, 0.5) is 5.69 Å². The number of nitrogens with zero attached hydrogens (tertiary/aromatic N) is 1. The van der Waals surface area contributed by atoms with Crippen molar-refractivity contribution in [1.29, 1.82) is 0 Å². The second kappa shape index (κ2) is 9.56. The fourth-order valence-electron chi connectivity index (χ4n) is 4.13. The smallest absolute Gasteiger partial charge is 0.256 e. The van der Waals surface area contributed by atoms with Crippen LogP contribution in [0.15, 0.2) is 72.8 Å². The Balaban J connectivity index is 1.69. The first kappa shape index (κ1) is 21.4. The quantitative estimate of drug-likeness (QED) is 0.638. The maximum atomic E-state index is 13.8. The molecule has 0 aromatic heterocycles. The van der Waals surface area contributed by atoms with E-state index < -0.39 is 11.9 Å². The minimum absolute atomic E-state index is 0.168. The lowest BCUT2D eigenvalue weighted by Gasteiger charge is -2.33. The van der Waals surface area contributed by atoms with E-state index in [1.165, 1.54) is 14.2 Å². The molecule has 4 rings (SSSR count). The van der Waals surface area contributed by atoms with E-state index in [4.69, 9.17) is 9.47 Å². The van der Waals surface area contributed by atoms with E-state index >= 15 is 0 Å². The summed E-state index contributed by atoms with van der Waals surface area (Å²) in [5.74, 6) is 0.203. The van der Waals surface area contributed by atoms with Gasteiger partial charge in [0.1, 0.15) is 6.04 Å². The van der Waals surface area contributed by atoms with Crippen LogP contribution in [0.5, 0.6) is 11.5 Å². The van der Waals surface area contributed by atoms with Crippen molar-refractivity contribution in [2.24, 2.45) is 0 Å². The van der Waals surface area contributed by atoms with Gasteiger partial charge in [0, 0.05) is 12.2 Å². The molecule has 32 heavy (non-hydrogen) atoms. The molecule has 0 bridgehead atoms. The van der Waals surface area contributed by atoms with Gasteiger partial charge in [-0.05, 0) is 42.2 Å². The van der Waals surface area contributed by atoms with Crippen LogP contribution < -0.4 is 19.7 Å². The summed E-state index contributed by atoms with van der Waals surface area (Å²) < 4.78 is 10.7. The minimum atomic E-state index is -0.842. The topological polar surface area (TPSA) is 67.9 Å². The van der Waals surface area contributed by atoms with Crippen molar-refractivity contribution in [2.75, 3.05) is 25.7 Å². The fourth-order valence-corrected chi connectivity index (χ4v) is 4.13. The highest BCUT2D eigenvalue weighted by molar-refractivity contribution is 6.04. The SMILES string of the molecule is COc1cccc(C(=O)N[C@@H](C(=O)N2CCCc3ccccc32)c2ccccc2)c1OC. The van der Waals surface area contributed by atoms with E-state index in [9.17, 15) is 9.59 Å². The number of rotatable bonds is 6. The molecule has 1 N–H and O–H groups in total. The van der Waals surface area contributed by atoms with E-state index in [0.29, 0.717) is 23.6 Å². The zero-order chi connectivity index (χ0) is 22.5. The lowest BCUT2D eigenvalue weighted by atomic mass is 9.99. The van der Waals surface area contributed by atoms with Crippen LogP contribution in [0.25, 0.3) is 0 Å². The van der Waals surface area contributed by atoms with Crippen LogP contribution in [0.2, 0.25) is 0 Å². The van der Waals surface area contributed by atoms with Gasteiger partial charge in [0.05, 0.1) is 19.8 Å². The van der Waals surface area contributed by atoms with Gasteiger partial charge in [0.15, 0.2) is 11.5 Å². The molecule has 0 spiro atoms. The summed E-state index contributed by atoms with van der Waals surface area (Å²) in [5.41, 5.74) is 3.06. The van der Waals surface area contributed by atoms with E-state index in [1.54, 1.807) is 23.1 Å². The Bertz CT molecular complexity index is 1110. The molecule has 1 aliphatic rings. The number of nitrogens with one attached hydrogen (secondary N) is 1. The molecule has 0 saturated carbocycles. The number of ether oxygens (including phenoxy) is 2. The normalized spacial score (nSPS) is 13.6. The zero-order valence-electron chi connectivity index (χ0n) is 18.2. The lowest BCUT2D eigenvalue weighted by Crippen LogP contribution is -2.45. The third-order valence-corrected chi connectivity index (χ3v) is 5.68. The third-order valence-electron chi connectivity index (χ3n) is 5.68. The number of hydrogen-bond acceptors (Lipinski definition) is 4. The third kappa shape index (κ3) is 4.17. The van der Waals surface area contributed by atoms with Gasteiger partial charge in [-0.25, -0.2) is 0 Å². The summed E-state index contributed by atoms with van der Waals surface area (Å²) >= 11 is 0. The maximum Gasteiger partial charge on any atom is 0.256 e. The summed E-state index contributed by atoms with van der Waals surface area (Å²) in [5, 5.41) is 2.94. The van der Waals surface area contributed by atoms with Crippen molar-refractivity contribution in [2.45, 2.75) is 18.9 Å². The molecule has 0 radical (unpaired) electrons. The summed E-state index contributed by atoms with van der Waals surface area (Å²) in [7, 11) is 3.00. The molecule has 0 aliphatic carbocycles. The molecule has 6 nitrogen and oxygen atoms in total. The zero-order valence-corrected chi connectivity index (χ0v) is 18.2. The van der Waals surface area contributed by atoms with Crippen LogP contribution in [0.3, 0.4) is 0 Å². The number of carbonyl (C=O) groups excluding carboxylic acids is 2. The largest absolute Gasteiger partial charge is 0.493 e. The van der Waals surface area contributed by atoms with Crippen molar-refractivity contribution in [1.82, 2.24) is 5.32 Å². The highest BCUT2D eigenvalue weighted by atomic mass is 16.5. The Labute approximate surface area is 187 Å². The average Bonchev–Trinajstić information content (AvgIpc) is 2.86. The van der Waals surface area contributed by atoms with Crippen molar-refractivity contribution < 1.29 is 19.1 Å². The second-order valence-corrected chi connectivity index (χ2v) is 7.58. The van der Waals surface area contributed by atoms with Gasteiger partial charge >= 0.3 is 0 Å². The van der Waals surface area contributed by atoms with Crippen LogP contribution in [-0.4, -0.2) is 32.6 Å². The highest BCUT2D eigenvalue weighted by Gasteiger charge is 2.32. The summed E-state index contributed by atoms with van der Waals surface area (Å²) in [6, 6.07) is 21.5. The highest BCUT2D eigenvalue weighted by Crippen LogP contribution is 2.32. The van der Waals surface area contributed by atoms with E-state index in [-0.39, 0.29) is 5.91 Å².